The Morgan fingerprint density at radius 3 is 1.85 bits per heavy atom. The molecule has 3 aromatic carbocycles. The summed E-state index contributed by atoms with van der Waals surface area (Å²) in [6.45, 7) is -2.39. The third-order valence-electron chi connectivity index (χ3n) is 10.8. The van der Waals surface area contributed by atoms with Crippen LogP contribution in [0.1, 0.15) is 5.56 Å². The van der Waals surface area contributed by atoms with Crippen molar-refractivity contribution in [2.75, 3.05) is 19.8 Å². The molecule has 0 radical (unpaired) electrons. The number of carbonyl (C=O) groups is 1. The second-order valence-electron chi connectivity index (χ2n) is 15.3. The van der Waals surface area contributed by atoms with Crippen molar-refractivity contribution in [3.63, 3.8) is 0 Å². The Bertz CT molecular complexity index is 2300. The van der Waals surface area contributed by atoms with Gasteiger partial charge >= 0.3 is 17.3 Å². The molecule has 0 bridgehead atoms. The van der Waals surface area contributed by atoms with Crippen LogP contribution >= 0.6 is 0 Å². The van der Waals surface area contributed by atoms with E-state index >= 15 is 0 Å². The maximum atomic E-state index is 12.8. The fourth-order valence-corrected chi connectivity index (χ4v) is 7.22. The Morgan fingerprint density at radius 2 is 1.20 bits per heavy atom. The average molecular weight is 920 g/mol. The number of hydrogen-bond acceptors (Lipinski definition) is 22. The molecular formula is C42H47O23+. The molecule has 352 valence electrons. The van der Waals surface area contributed by atoms with Gasteiger partial charge in [-0.05, 0) is 48.0 Å². The summed E-state index contributed by atoms with van der Waals surface area (Å²) in [5.41, 5.74) is 0.390. The number of rotatable bonds is 13. The first kappa shape index (κ1) is 47.5. The highest BCUT2D eigenvalue weighted by molar-refractivity contribution is 5.89. The zero-order valence-electron chi connectivity index (χ0n) is 33.6. The van der Waals surface area contributed by atoms with Crippen LogP contribution in [-0.2, 0) is 28.5 Å². The molecule has 23 heteroatoms. The largest absolute Gasteiger partial charge is 0.508 e. The van der Waals surface area contributed by atoms with Crippen molar-refractivity contribution in [3.05, 3.63) is 72.3 Å². The summed E-state index contributed by atoms with van der Waals surface area (Å²) in [6, 6.07) is 12.6. The number of aromatic hydroxyl groups is 4. The number of phenolic OH excluding ortho intramolecular Hbond substituents is 4. The molecule has 0 saturated carbocycles. The molecule has 3 aliphatic rings. The molecule has 0 aliphatic carbocycles. The van der Waals surface area contributed by atoms with Crippen molar-refractivity contribution < 1.29 is 114 Å². The van der Waals surface area contributed by atoms with E-state index in [9.17, 15) is 76.3 Å². The van der Waals surface area contributed by atoms with Gasteiger partial charge in [0.25, 0.3) is 0 Å². The standard InChI is InChI=1S/C42H46O23/c43-13-26-30(50)33(53)36(56)40(62-26)60-24-11-19(46)10-23-20(24)12-25(38(59-23)17-3-5-18(45)6-4-17)61-42-39(65-41-37(57)34(54)31(51)27(14-44)63-41)35(55)32(52)28(64-42)15-58-29(49)8-2-16-1-7-21(47)22(48)9-16/h1-12,26-28,30-37,39-44,50-57H,13-15H2,(H3-,45,46,47,48,49)/p+1/t26-,27-,28-,30-,31-,32-,33+,34+,35+,36-,37-,39-,40-,41+,42-/m1/s1. The minimum atomic E-state index is -2.06. The van der Waals surface area contributed by atoms with Crippen LogP contribution in [0, 0.1) is 0 Å². The smallest absolute Gasteiger partial charge is 0.402 e. The van der Waals surface area contributed by atoms with Gasteiger partial charge in [-0.25, -0.2) is 9.21 Å². The van der Waals surface area contributed by atoms with Crippen molar-refractivity contribution in [1.82, 2.24) is 0 Å². The van der Waals surface area contributed by atoms with Gasteiger partial charge in [0.15, 0.2) is 23.9 Å². The minimum Gasteiger partial charge on any atom is -0.508 e. The molecule has 7 rings (SSSR count). The van der Waals surface area contributed by atoms with Gasteiger partial charge in [-0.3, -0.25) is 0 Å². The number of carbonyl (C=O) groups excluding carboxylic acids is 1. The molecule has 15 atom stereocenters. The van der Waals surface area contributed by atoms with Crippen LogP contribution in [0.4, 0.5) is 0 Å². The van der Waals surface area contributed by atoms with Gasteiger partial charge < -0.3 is 105 Å². The molecule has 0 unspecified atom stereocenters. The van der Waals surface area contributed by atoms with Gasteiger partial charge in [0.1, 0.15) is 96.4 Å². The molecule has 0 spiro atoms. The third kappa shape index (κ3) is 10.2. The molecule has 1 aromatic heterocycles. The molecule has 4 aromatic rings. The first-order chi connectivity index (χ1) is 31.0. The van der Waals surface area contributed by atoms with E-state index in [1.165, 1.54) is 54.6 Å². The highest BCUT2D eigenvalue weighted by Crippen LogP contribution is 2.43. The van der Waals surface area contributed by atoms with Crippen molar-refractivity contribution >= 4 is 23.0 Å². The van der Waals surface area contributed by atoms with Crippen LogP contribution in [0.5, 0.6) is 34.5 Å². The monoisotopic (exact) mass is 919 g/mol. The maximum Gasteiger partial charge on any atom is 0.402 e. The molecule has 14 N–H and O–H groups in total. The second-order valence-corrected chi connectivity index (χ2v) is 15.3. The predicted molar refractivity (Wildman–Crippen MR) is 213 cm³/mol. The highest BCUT2D eigenvalue weighted by atomic mass is 16.8. The zero-order chi connectivity index (χ0) is 46.9. The van der Waals surface area contributed by atoms with Gasteiger partial charge in [0, 0.05) is 18.2 Å². The van der Waals surface area contributed by atoms with Gasteiger partial charge in [0.05, 0.1) is 24.8 Å². The summed E-state index contributed by atoms with van der Waals surface area (Å²) in [6.07, 6.45) is -25.0. The topological polar surface area (TPSA) is 376 Å². The van der Waals surface area contributed by atoms with Crippen LogP contribution in [0.3, 0.4) is 0 Å². The molecule has 0 amide bonds. The Balaban J connectivity index is 1.26. The van der Waals surface area contributed by atoms with Gasteiger partial charge in [0.2, 0.25) is 18.3 Å². The van der Waals surface area contributed by atoms with Gasteiger partial charge in [-0.1, -0.05) is 6.07 Å². The van der Waals surface area contributed by atoms with Crippen LogP contribution in [-0.4, -0.2) is 189 Å². The lowest BCUT2D eigenvalue weighted by molar-refractivity contribution is -0.357. The number of hydrogen-bond donors (Lipinski definition) is 14. The Kier molecular flexibility index (Phi) is 14.6. The normalized spacial score (nSPS) is 32.9. The SMILES string of the molecule is O=C(/C=C/c1ccc(O)c(O)c1)OC[C@H]1O[C@@H](Oc2cc3c(O[C@@H]4O[C@H](CO)[C@@H](O)[C@H](O)[C@H]4O)cc(O)cc3[o+]c2-c2ccc(O)cc2)[C@H](O[C@@H]2O[C@H](CO)[C@@H](O)[C@H](O)[C@H]2O)[C@@H](O)[C@@H]1O. The molecule has 3 aliphatic heterocycles. The highest BCUT2D eigenvalue weighted by Gasteiger charge is 2.52. The molecule has 23 nitrogen and oxygen atoms in total. The van der Waals surface area contributed by atoms with E-state index in [1.54, 1.807) is 0 Å². The number of esters is 1. The number of fused-ring (bicyclic) bond motifs is 1. The first-order valence-corrected chi connectivity index (χ1v) is 19.9. The number of phenols is 4. The predicted octanol–water partition coefficient (Wildman–Crippen LogP) is -2.35. The average Bonchev–Trinajstić information content (AvgIpc) is 3.29. The van der Waals surface area contributed by atoms with E-state index in [4.69, 9.17) is 37.6 Å². The Labute approximate surface area is 366 Å². The number of benzene rings is 3. The minimum absolute atomic E-state index is 0.0423. The third-order valence-corrected chi connectivity index (χ3v) is 10.8. The molecule has 3 fully saturated rings. The van der Waals surface area contributed by atoms with E-state index in [0.717, 1.165) is 18.2 Å². The lowest BCUT2D eigenvalue weighted by Gasteiger charge is -2.45. The summed E-state index contributed by atoms with van der Waals surface area (Å²) in [4.78, 5) is 12.8. The summed E-state index contributed by atoms with van der Waals surface area (Å²) in [5.74, 6) is -3.19. The van der Waals surface area contributed by atoms with Crippen molar-refractivity contribution in [1.29, 1.82) is 0 Å². The molecule has 4 heterocycles. The number of aliphatic hydroxyl groups is 10. The van der Waals surface area contributed by atoms with E-state index in [2.05, 4.69) is 0 Å². The summed E-state index contributed by atoms with van der Waals surface area (Å²) >= 11 is 0. The number of ether oxygens (including phenoxy) is 7. The Morgan fingerprint density at radius 1 is 0.600 bits per heavy atom. The van der Waals surface area contributed by atoms with Gasteiger partial charge in [-0.15, -0.1) is 0 Å². The van der Waals surface area contributed by atoms with Crippen LogP contribution in [0.2, 0.25) is 0 Å². The maximum absolute atomic E-state index is 12.8. The molecular weight excluding hydrogens is 872 g/mol. The van der Waals surface area contributed by atoms with Crippen LogP contribution < -0.4 is 9.47 Å². The van der Waals surface area contributed by atoms with E-state index in [1.807, 2.05) is 0 Å². The van der Waals surface area contributed by atoms with Crippen LogP contribution in [0.15, 0.2) is 71.2 Å². The summed E-state index contributed by atoms with van der Waals surface area (Å²) in [7, 11) is 0. The molecule has 3 saturated heterocycles. The van der Waals surface area contributed by atoms with Crippen molar-refractivity contribution in [2.24, 2.45) is 0 Å². The van der Waals surface area contributed by atoms with E-state index in [-0.39, 0.29) is 39.5 Å². The second kappa shape index (κ2) is 19.9. The first-order valence-electron chi connectivity index (χ1n) is 19.9. The fraction of sp³-hybridized carbons (Fsp3) is 0.429. The zero-order valence-corrected chi connectivity index (χ0v) is 33.6. The fourth-order valence-electron chi connectivity index (χ4n) is 7.22. The van der Waals surface area contributed by atoms with Crippen LogP contribution in [0.25, 0.3) is 28.4 Å². The Hall–Kier alpha value is -5.48. The summed E-state index contributed by atoms with van der Waals surface area (Å²) in [5, 5.41) is 146. The van der Waals surface area contributed by atoms with Gasteiger partial charge in [-0.2, -0.15) is 0 Å². The number of aliphatic hydroxyl groups excluding tert-OH is 10. The van der Waals surface area contributed by atoms with E-state index in [0.29, 0.717) is 5.56 Å². The quantitative estimate of drug-likeness (QED) is 0.0289. The lowest BCUT2D eigenvalue weighted by Crippen LogP contribution is -2.65. The summed E-state index contributed by atoms with van der Waals surface area (Å²) < 4.78 is 46.6. The molecule has 65 heavy (non-hydrogen) atoms. The van der Waals surface area contributed by atoms with Crippen molar-refractivity contribution in [3.8, 4) is 45.8 Å². The lowest BCUT2D eigenvalue weighted by atomic mass is 9.97. The van der Waals surface area contributed by atoms with Crippen molar-refractivity contribution in [2.45, 2.75) is 92.1 Å². The van der Waals surface area contributed by atoms with E-state index < -0.39 is 135 Å².